The summed E-state index contributed by atoms with van der Waals surface area (Å²) in [6, 6.07) is 0. The van der Waals surface area contributed by atoms with Crippen LogP contribution >= 0.6 is 24.8 Å². The van der Waals surface area contributed by atoms with Crippen molar-refractivity contribution in [3.05, 3.63) is 18.7 Å². The van der Waals surface area contributed by atoms with E-state index < -0.39 is 0 Å². The maximum absolute atomic E-state index is 6.90. The van der Waals surface area contributed by atoms with Crippen LogP contribution in [0.5, 0.6) is 0 Å². The molecule has 0 amide bonds. The zero-order valence-corrected chi connectivity index (χ0v) is 7.36. The lowest BCUT2D eigenvalue weighted by Gasteiger charge is -1.95. The minimum absolute atomic E-state index is 0. The number of hydrogen-bond donors (Lipinski definition) is 2. The summed E-state index contributed by atoms with van der Waals surface area (Å²) < 4.78 is 1.74. The molecule has 4 nitrogen and oxygen atoms in total. The van der Waals surface area contributed by atoms with E-state index in [1.54, 1.807) is 23.3 Å². The number of imidazole rings is 1. The number of aromatic nitrogens is 2. The van der Waals surface area contributed by atoms with Crippen LogP contribution in [0, 0.1) is 5.41 Å². The summed E-state index contributed by atoms with van der Waals surface area (Å²) in [6.07, 6.45) is 5.05. The van der Waals surface area contributed by atoms with Gasteiger partial charge in [-0.25, -0.2) is 4.98 Å². The van der Waals surface area contributed by atoms with Crippen LogP contribution in [-0.2, 0) is 6.54 Å². The van der Waals surface area contributed by atoms with E-state index in [4.69, 9.17) is 11.1 Å². The highest BCUT2D eigenvalue weighted by Crippen LogP contribution is 1.82. The Bertz CT molecular complexity index is 196. The van der Waals surface area contributed by atoms with Crippen LogP contribution in [-0.4, -0.2) is 15.4 Å². The van der Waals surface area contributed by atoms with Crippen LogP contribution < -0.4 is 5.73 Å². The highest BCUT2D eigenvalue weighted by Gasteiger charge is 1.88. The minimum atomic E-state index is 0. The number of nitrogens with two attached hydrogens (primary N) is 1. The molecule has 0 spiro atoms. The molecule has 0 saturated heterocycles. The van der Waals surface area contributed by atoms with Gasteiger partial charge < -0.3 is 10.3 Å². The lowest BCUT2D eigenvalue weighted by atomic mass is 10.6. The monoisotopic (exact) mass is 196 g/mol. The van der Waals surface area contributed by atoms with Gasteiger partial charge in [0.15, 0.2) is 0 Å². The molecule has 0 radical (unpaired) electrons. The Morgan fingerprint density at radius 1 is 1.55 bits per heavy atom. The van der Waals surface area contributed by atoms with E-state index in [2.05, 4.69) is 4.98 Å². The minimum Gasteiger partial charge on any atom is -0.386 e. The van der Waals surface area contributed by atoms with Crippen molar-refractivity contribution >= 4 is 30.6 Å². The van der Waals surface area contributed by atoms with Gasteiger partial charge in [-0.3, -0.25) is 5.41 Å². The number of nitrogens with zero attached hydrogens (tertiary/aromatic N) is 2. The zero-order chi connectivity index (χ0) is 6.69. The van der Waals surface area contributed by atoms with E-state index in [0.29, 0.717) is 6.54 Å². The predicted molar refractivity (Wildman–Crippen MR) is 48.6 cm³/mol. The van der Waals surface area contributed by atoms with E-state index >= 15 is 0 Å². The number of hydrogen-bond acceptors (Lipinski definition) is 2. The standard InChI is InChI=1S/C5H8N4.2ClH/c6-5(7)3-9-2-1-8-4-9;;/h1-2,4H,3H2,(H3,6,7);2*1H. The molecule has 11 heavy (non-hydrogen) atoms. The van der Waals surface area contributed by atoms with E-state index in [0.717, 1.165) is 0 Å². The van der Waals surface area contributed by atoms with Crippen molar-refractivity contribution in [3.63, 3.8) is 0 Å². The fourth-order valence-corrected chi connectivity index (χ4v) is 0.577. The lowest BCUT2D eigenvalue weighted by Crippen LogP contribution is -2.16. The molecular weight excluding hydrogens is 187 g/mol. The molecule has 0 unspecified atom stereocenters. The Morgan fingerprint density at radius 3 is 2.55 bits per heavy atom. The van der Waals surface area contributed by atoms with Gasteiger partial charge in [-0.2, -0.15) is 0 Å². The second-order valence-corrected chi connectivity index (χ2v) is 1.76. The van der Waals surface area contributed by atoms with Gasteiger partial charge in [-0.05, 0) is 0 Å². The van der Waals surface area contributed by atoms with Crippen molar-refractivity contribution in [2.45, 2.75) is 6.54 Å². The van der Waals surface area contributed by atoms with Crippen LogP contribution in [0.3, 0.4) is 0 Å². The highest BCUT2D eigenvalue weighted by molar-refractivity contribution is 5.85. The van der Waals surface area contributed by atoms with Gasteiger partial charge in [-0.15, -0.1) is 24.8 Å². The first-order chi connectivity index (χ1) is 4.29. The van der Waals surface area contributed by atoms with Gasteiger partial charge >= 0.3 is 0 Å². The first kappa shape index (κ1) is 12.9. The lowest BCUT2D eigenvalue weighted by molar-refractivity contribution is 0.840. The fraction of sp³-hybridized carbons (Fsp3) is 0.200. The van der Waals surface area contributed by atoms with E-state index in [1.165, 1.54) is 0 Å². The third-order valence-electron chi connectivity index (χ3n) is 0.912. The van der Waals surface area contributed by atoms with Gasteiger partial charge in [-0.1, -0.05) is 0 Å². The molecule has 0 aliphatic carbocycles. The maximum Gasteiger partial charge on any atom is 0.111 e. The Kier molecular flexibility index (Phi) is 7.04. The van der Waals surface area contributed by atoms with E-state index in [9.17, 15) is 0 Å². The summed E-state index contributed by atoms with van der Waals surface area (Å²) in [6.45, 7) is 0.431. The fourth-order valence-electron chi connectivity index (χ4n) is 0.577. The molecule has 64 valence electrons. The number of rotatable bonds is 2. The molecule has 3 N–H and O–H groups in total. The first-order valence-corrected chi connectivity index (χ1v) is 2.57. The topological polar surface area (TPSA) is 67.7 Å². The molecule has 0 saturated carbocycles. The molecule has 0 aliphatic rings. The summed E-state index contributed by atoms with van der Waals surface area (Å²) in [4.78, 5) is 3.79. The zero-order valence-electron chi connectivity index (χ0n) is 5.73. The Balaban J connectivity index is 0. The van der Waals surface area contributed by atoms with Crippen LogP contribution in [0.15, 0.2) is 18.7 Å². The summed E-state index contributed by atoms with van der Waals surface area (Å²) in [5.41, 5.74) is 5.12. The average Bonchev–Trinajstić information content (AvgIpc) is 2.15. The van der Waals surface area contributed by atoms with Crippen molar-refractivity contribution in [2.75, 3.05) is 0 Å². The molecule has 1 aromatic heterocycles. The molecule has 0 aromatic carbocycles. The second-order valence-electron chi connectivity index (χ2n) is 1.76. The third kappa shape index (κ3) is 4.64. The van der Waals surface area contributed by atoms with Crippen LogP contribution in [0.4, 0.5) is 0 Å². The van der Waals surface area contributed by atoms with Crippen LogP contribution in [0.1, 0.15) is 0 Å². The molecule has 0 aliphatic heterocycles. The molecule has 0 bridgehead atoms. The maximum atomic E-state index is 6.90. The largest absolute Gasteiger partial charge is 0.386 e. The number of nitrogens with one attached hydrogen (secondary N) is 1. The number of amidine groups is 1. The van der Waals surface area contributed by atoms with Crippen molar-refractivity contribution in [1.29, 1.82) is 5.41 Å². The third-order valence-corrected chi connectivity index (χ3v) is 0.912. The molecule has 0 fully saturated rings. The molecule has 6 heteroatoms. The summed E-state index contributed by atoms with van der Waals surface area (Å²) in [5, 5.41) is 6.90. The quantitative estimate of drug-likeness (QED) is 0.540. The Morgan fingerprint density at radius 2 is 2.18 bits per heavy atom. The predicted octanol–water partition coefficient (Wildman–Crippen LogP) is 0.663. The molecule has 1 aromatic rings. The van der Waals surface area contributed by atoms with Gasteiger partial charge in [0.25, 0.3) is 0 Å². The normalized spacial score (nSPS) is 7.64. The Hall–Kier alpha value is -0.740. The highest BCUT2D eigenvalue weighted by atomic mass is 35.5. The second kappa shape index (κ2) is 6.00. The molecule has 1 rings (SSSR count). The molecular formula is C5H10Cl2N4. The summed E-state index contributed by atoms with van der Waals surface area (Å²) in [5.74, 6) is 0.146. The van der Waals surface area contributed by atoms with Crippen molar-refractivity contribution in [2.24, 2.45) is 5.73 Å². The van der Waals surface area contributed by atoms with Crippen LogP contribution in [0.2, 0.25) is 0 Å². The SMILES string of the molecule is Cl.Cl.N=C(N)Cn1ccnc1. The van der Waals surface area contributed by atoms with Crippen molar-refractivity contribution in [1.82, 2.24) is 9.55 Å². The smallest absolute Gasteiger partial charge is 0.111 e. The van der Waals surface area contributed by atoms with Crippen molar-refractivity contribution < 1.29 is 0 Å². The van der Waals surface area contributed by atoms with Crippen molar-refractivity contribution in [3.8, 4) is 0 Å². The van der Waals surface area contributed by atoms with E-state index in [-0.39, 0.29) is 30.6 Å². The first-order valence-electron chi connectivity index (χ1n) is 2.57. The van der Waals surface area contributed by atoms with Crippen LogP contribution in [0.25, 0.3) is 0 Å². The Labute approximate surface area is 77.1 Å². The summed E-state index contributed by atoms with van der Waals surface area (Å²) in [7, 11) is 0. The molecule has 1 heterocycles. The summed E-state index contributed by atoms with van der Waals surface area (Å²) >= 11 is 0. The van der Waals surface area contributed by atoms with Gasteiger partial charge in [0.2, 0.25) is 0 Å². The van der Waals surface area contributed by atoms with E-state index in [1.807, 2.05) is 0 Å². The molecule has 0 atom stereocenters. The van der Waals surface area contributed by atoms with Gasteiger partial charge in [0.1, 0.15) is 5.84 Å². The van der Waals surface area contributed by atoms with Gasteiger partial charge in [0.05, 0.1) is 12.9 Å². The number of halogens is 2. The van der Waals surface area contributed by atoms with Gasteiger partial charge in [0, 0.05) is 12.4 Å². The average molecular weight is 197 g/mol.